The van der Waals surface area contributed by atoms with Crippen molar-refractivity contribution in [2.75, 3.05) is 7.11 Å². The fourth-order valence-corrected chi connectivity index (χ4v) is 2.93. The van der Waals surface area contributed by atoms with Gasteiger partial charge in [0.2, 0.25) is 0 Å². The van der Waals surface area contributed by atoms with Gasteiger partial charge in [0.25, 0.3) is 0 Å². The molecule has 0 aliphatic rings. The standard InChI is InChI=1S/C14H16BrNOS/c1-10(12-3-5-13(17-2)6-4-12)16-8-11-7-14(15)18-9-11/h3-7,9-10,16H,8H2,1-2H3/t10-/m1/s1. The lowest BCUT2D eigenvalue weighted by molar-refractivity contribution is 0.414. The van der Waals surface area contributed by atoms with E-state index < -0.39 is 0 Å². The third-order valence-electron chi connectivity index (χ3n) is 2.85. The fourth-order valence-electron chi connectivity index (χ4n) is 1.72. The maximum atomic E-state index is 5.16. The normalized spacial score (nSPS) is 12.4. The second kappa shape index (κ2) is 6.36. The molecule has 1 atom stereocenters. The molecule has 2 aromatic rings. The van der Waals surface area contributed by atoms with Gasteiger partial charge < -0.3 is 10.1 Å². The summed E-state index contributed by atoms with van der Waals surface area (Å²) < 4.78 is 6.33. The lowest BCUT2D eigenvalue weighted by Gasteiger charge is -2.14. The van der Waals surface area contributed by atoms with Crippen LogP contribution in [0, 0.1) is 0 Å². The molecular formula is C14H16BrNOS. The molecule has 4 heteroatoms. The van der Waals surface area contributed by atoms with Crippen LogP contribution >= 0.6 is 27.3 Å². The van der Waals surface area contributed by atoms with Crippen LogP contribution in [0.4, 0.5) is 0 Å². The number of halogens is 1. The molecule has 0 bridgehead atoms. The molecule has 0 aliphatic heterocycles. The Morgan fingerprint density at radius 2 is 2.06 bits per heavy atom. The van der Waals surface area contributed by atoms with Crippen LogP contribution in [0.2, 0.25) is 0 Å². The molecule has 0 saturated carbocycles. The number of hydrogen-bond donors (Lipinski definition) is 1. The molecule has 96 valence electrons. The highest BCUT2D eigenvalue weighted by molar-refractivity contribution is 9.11. The molecule has 1 aromatic heterocycles. The van der Waals surface area contributed by atoms with E-state index in [1.165, 1.54) is 14.9 Å². The van der Waals surface area contributed by atoms with E-state index in [9.17, 15) is 0 Å². The third kappa shape index (κ3) is 3.57. The average Bonchev–Trinajstić information content (AvgIpc) is 2.82. The van der Waals surface area contributed by atoms with E-state index in [0.717, 1.165) is 12.3 Å². The van der Waals surface area contributed by atoms with Gasteiger partial charge in [-0.05, 0) is 57.6 Å². The Kier molecular flexibility index (Phi) is 4.80. The second-order valence-corrected chi connectivity index (χ2v) is 6.43. The molecule has 2 nitrogen and oxygen atoms in total. The van der Waals surface area contributed by atoms with E-state index in [4.69, 9.17) is 4.74 Å². The van der Waals surface area contributed by atoms with Crippen LogP contribution in [0.1, 0.15) is 24.1 Å². The summed E-state index contributed by atoms with van der Waals surface area (Å²) in [5, 5.41) is 5.68. The summed E-state index contributed by atoms with van der Waals surface area (Å²) in [6.07, 6.45) is 0. The van der Waals surface area contributed by atoms with Crippen molar-refractivity contribution in [1.29, 1.82) is 0 Å². The summed E-state index contributed by atoms with van der Waals surface area (Å²) in [6.45, 7) is 3.05. The minimum absolute atomic E-state index is 0.328. The van der Waals surface area contributed by atoms with Gasteiger partial charge in [0, 0.05) is 12.6 Å². The molecule has 0 amide bonds. The van der Waals surface area contributed by atoms with Crippen LogP contribution in [-0.2, 0) is 6.54 Å². The number of methoxy groups -OCH3 is 1. The highest BCUT2D eigenvalue weighted by Crippen LogP contribution is 2.22. The van der Waals surface area contributed by atoms with E-state index in [2.05, 4.69) is 51.7 Å². The van der Waals surface area contributed by atoms with E-state index in [1.54, 1.807) is 18.4 Å². The van der Waals surface area contributed by atoms with Gasteiger partial charge in [0.15, 0.2) is 0 Å². The molecule has 0 aliphatic carbocycles. The molecule has 0 spiro atoms. The molecule has 18 heavy (non-hydrogen) atoms. The summed E-state index contributed by atoms with van der Waals surface area (Å²) in [7, 11) is 1.69. The smallest absolute Gasteiger partial charge is 0.118 e. The van der Waals surface area contributed by atoms with Gasteiger partial charge in [-0.3, -0.25) is 0 Å². The molecular weight excluding hydrogens is 310 g/mol. The number of nitrogens with one attached hydrogen (secondary N) is 1. The Balaban J connectivity index is 1.92. The largest absolute Gasteiger partial charge is 0.497 e. The summed E-state index contributed by atoms with van der Waals surface area (Å²) in [4.78, 5) is 0. The van der Waals surface area contributed by atoms with E-state index >= 15 is 0 Å². The zero-order chi connectivity index (χ0) is 13.0. The van der Waals surface area contributed by atoms with Gasteiger partial charge in [-0.1, -0.05) is 12.1 Å². The molecule has 0 saturated heterocycles. The topological polar surface area (TPSA) is 21.3 Å². The Bertz CT molecular complexity index is 495. The van der Waals surface area contributed by atoms with Gasteiger partial charge in [0.05, 0.1) is 10.9 Å². The molecule has 1 heterocycles. The van der Waals surface area contributed by atoms with Gasteiger partial charge in [-0.2, -0.15) is 0 Å². The molecule has 0 fully saturated rings. The van der Waals surface area contributed by atoms with Gasteiger partial charge >= 0.3 is 0 Å². The lowest BCUT2D eigenvalue weighted by Crippen LogP contribution is -2.17. The number of ether oxygens (including phenoxy) is 1. The second-order valence-electron chi connectivity index (χ2n) is 4.13. The Labute approximate surface area is 120 Å². The van der Waals surface area contributed by atoms with Crippen molar-refractivity contribution in [1.82, 2.24) is 5.32 Å². The first-order valence-electron chi connectivity index (χ1n) is 5.79. The van der Waals surface area contributed by atoms with Crippen molar-refractivity contribution in [2.45, 2.75) is 19.5 Å². The maximum absolute atomic E-state index is 5.16. The lowest BCUT2D eigenvalue weighted by atomic mass is 10.1. The quantitative estimate of drug-likeness (QED) is 0.881. The summed E-state index contributed by atoms with van der Waals surface area (Å²) in [5.41, 5.74) is 2.58. The summed E-state index contributed by atoms with van der Waals surface area (Å²) >= 11 is 5.19. The average molecular weight is 326 g/mol. The van der Waals surface area contributed by atoms with Crippen LogP contribution in [0.25, 0.3) is 0 Å². The zero-order valence-electron chi connectivity index (χ0n) is 10.4. The molecule has 1 N–H and O–H groups in total. The Morgan fingerprint density at radius 1 is 1.33 bits per heavy atom. The van der Waals surface area contributed by atoms with Crippen LogP contribution in [-0.4, -0.2) is 7.11 Å². The summed E-state index contributed by atoms with van der Waals surface area (Å²) in [6, 6.07) is 10.7. The van der Waals surface area contributed by atoms with Crippen molar-refractivity contribution in [3.63, 3.8) is 0 Å². The van der Waals surface area contributed by atoms with Gasteiger partial charge in [-0.25, -0.2) is 0 Å². The van der Waals surface area contributed by atoms with Crippen molar-refractivity contribution in [3.8, 4) is 5.75 Å². The first kappa shape index (κ1) is 13.6. The first-order valence-corrected chi connectivity index (χ1v) is 7.46. The van der Waals surface area contributed by atoms with Crippen LogP contribution < -0.4 is 10.1 Å². The van der Waals surface area contributed by atoms with Crippen LogP contribution in [0.3, 0.4) is 0 Å². The first-order chi connectivity index (χ1) is 8.69. The Morgan fingerprint density at radius 3 is 2.61 bits per heavy atom. The molecule has 0 unspecified atom stereocenters. The number of hydrogen-bond acceptors (Lipinski definition) is 3. The van der Waals surface area contributed by atoms with E-state index in [-0.39, 0.29) is 0 Å². The fraction of sp³-hybridized carbons (Fsp3) is 0.286. The molecule has 2 rings (SSSR count). The minimum Gasteiger partial charge on any atom is -0.497 e. The molecule has 0 radical (unpaired) electrons. The van der Waals surface area contributed by atoms with Crippen molar-refractivity contribution >= 4 is 27.3 Å². The van der Waals surface area contributed by atoms with Crippen molar-refractivity contribution < 1.29 is 4.74 Å². The SMILES string of the molecule is COc1ccc([C@@H](C)NCc2csc(Br)c2)cc1. The highest BCUT2D eigenvalue weighted by Gasteiger charge is 2.05. The number of benzene rings is 1. The van der Waals surface area contributed by atoms with Gasteiger partial charge in [0.1, 0.15) is 5.75 Å². The number of thiophene rings is 1. The van der Waals surface area contributed by atoms with Gasteiger partial charge in [-0.15, -0.1) is 11.3 Å². The zero-order valence-corrected chi connectivity index (χ0v) is 12.8. The van der Waals surface area contributed by atoms with Crippen LogP contribution in [0.15, 0.2) is 39.5 Å². The predicted octanol–water partition coefficient (Wildman–Crippen LogP) is 4.37. The van der Waals surface area contributed by atoms with E-state index in [0.29, 0.717) is 6.04 Å². The molecule has 1 aromatic carbocycles. The minimum atomic E-state index is 0.328. The van der Waals surface area contributed by atoms with Crippen LogP contribution in [0.5, 0.6) is 5.75 Å². The van der Waals surface area contributed by atoms with E-state index in [1.807, 2.05) is 12.1 Å². The Hall–Kier alpha value is -0.840. The summed E-state index contributed by atoms with van der Waals surface area (Å²) in [5.74, 6) is 0.896. The van der Waals surface area contributed by atoms with Crippen molar-refractivity contribution in [2.24, 2.45) is 0 Å². The number of rotatable bonds is 5. The predicted molar refractivity (Wildman–Crippen MR) is 80.3 cm³/mol. The maximum Gasteiger partial charge on any atom is 0.118 e. The van der Waals surface area contributed by atoms with Crippen molar-refractivity contribution in [3.05, 3.63) is 50.6 Å². The third-order valence-corrected chi connectivity index (χ3v) is 4.40. The highest BCUT2D eigenvalue weighted by atomic mass is 79.9. The monoisotopic (exact) mass is 325 g/mol.